The van der Waals surface area contributed by atoms with E-state index in [9.17, 15) is 26.7 Å². The van der Waals surface area contributed by atoms with E-state index in [0.29, 0.717) is 12.8 Å². The third kappa shape index (κ3) is 5.84. The number of carbonyl (C=O) groups is 1. The maximum absolute atomic E-state index is 13.9. The quantitative estimate of drug-likeness (QED) is 0.610. The number of rotatable bonds is 8. The molecule has 0 saturated heterocycles. The van der Waals surface area contributed by atoms with Crippen LogP contribution in [0, 0.1) is 5.92 Å². The van der Waals surface area contributed by atoms with Crippen molar-refractivity contribution in [3.63, 3.8) is 0 Å². The molecule has 2 atom stereocenters. The molecule has 1 aliphatic carbocycles. The molecule has 1 unspecified atom stereocenters. The van der Waals surface area contributed by atoms with Gasteiger partial charge in [-0.2, -0.15) is 13.2 Å². The molecule has 2 rings (SSSR count). The van der Waals surface area contributed by atoms with Gasteiger partial charge in [-0.1, -0.05) is 12.1 Å². The Bertz CT molecular complexity index is 599. The van der Waals surface area contributed by atoms with E-state index in [4.69, 9.17) is 10.2 Å². The number of aliphatic carboxylic acids is 1. The predicted molar refractivity (Wildman–Crippen MR) is 78.4 cm³/mol. The van der Waals surface area contributed by atoms with Gasteiger partial charge < -0.3 is 10.2 Å². The van der Waals surface area contributed by atoms with Gasteiger partial charge in [-0.3, -0.25) is 10.1 Å². The molecule has 0 amide bonds. The molecular formula is C16H18F5NO3. The van der Waals surface area contributed by atoms with Gasteiger partial charge in [0.2, 0.25) is 0 Å². The molecule has 25 heavy (non-hydrogen) atoms. The summed E-state index contributed by atoms with van der Waals surface area (Å²) < 4.78 is 67.7. The second kappa shape index (κ2) is 7.15. The first-order valence-corrected chi connectivity index (χ1v) is 7.70. The van der Waals surface area contributed by atoms with Crippen LogP contribution in [0.25, 0.3) is 0 Å². The van der Waals surface area contributed by atoms with Gasteiger partial charge in [-0.15, -0.1) is 0 Å². The zero-order valence-electron chi connectivity index (χ0n) is 13.1. The van der Waals surface area contributed by atoms with E-state index in [-0.39, 0.29) is 17.2 Å². The van der Waals surface area contributed by atoms with Crippen LogP contribution >= 0.6 is 0 Å². The zero-order valence-corrected chi connectivity index (χ0v) is 13.1. The van der Waals surface area contributed by atoms with E-state index in [2.05, 4.69) is 0 Å². The molecule has 1 fully saturated rings. The molecule has 4 nitrogen and oxygen atoms in total. The van der Waals surface area contributed by atoms with Crippen molar-refractivity contribution in [1.82, 2.24) is 5.32 Å². The third-order valence-corrected chi connectivity index (χ3v) is 4.01. The van der Waals surface area contributed by atoms with E-state index < -0.39 is 43.0 Å². The number of aromatic hydroxyl groups is 1. The fourth-order valence-corrected chi connectivity index (χ4v) is 2.59. The molecular weight excluding hydrogens is 349 g/mol. The topological polar surface area (TPSA) is 69.6 Å². The molecule has 9 heteroatoms. The molecule has 1 aromatic rings. The van der Waals surface area contributed by atoms with Gasteiger partial charge in [0.25, 0.3) is 5.92 Å². The van der Waals surface area contributed by atoms with Gasteiger partial charge in [-0.05, 0) is 36.5 Å². The average molecular weight is 367 g/mol. The Balaban J connectivity index is 2.17. The molecule has 0 bridgehead atoms. The SMILES string of the molecule is O=C(O)[C@H](CC(F)(F)CC1CC1)NC(c1ccc(O)cc1)C(F)(F)F. The standard InChI is InChI=1S/C16H18F5NO3/c17-15(18,7-9-1-2-9)8-12(14(24)25)22-13(16(19,20)21)10-3-5-11(23)6-4-10/h3-6,9,12-13,22-23H,1-2,7-8H2,(H,24,25)/t12-,13?/m0/s1. The number of phenols is 1. The van der Waals surface area contributed by atoms with Crippen molar-refractivity contribution >= 4 is 5.97 Å². The summed E-state index contributed by atoms with van der Waals surface area (Å²) in [5, 5.41) is 20.0. The van der Waals surface area contributed by atoms with Crippen LogP contribution in [0.5, 0.6) is 5.75 Å². The minimum Gasteiger partial charge on any atom is -0.508 e. The summed E-state index contributed by atoms with van der Waals surface area (Å²) in [5.41, 5.74) is -0.373. The molecule has 1 aliphatic rings. The first-order valence-electron chi connectivity index (χ1n) is 7.70. The van der Waals surface area contributed by atoms with Crippen LogP contribution in [0.4, 0.5) is 22.0 Å². The Labute approximate surface area is 140 Å². The Morgan fingerprint density at radius 2 is 1.72 bits per heavy atom. The van der Waals surface area contributed by atoms with Crippen LogP contribution < -0.4 is 5.32 Å². The summed E-state index contributed by atoms with van der Waals surface area (Å²) in [5.74, 6) is -5.60. The minimum atomic E-state index is -4.89. The van der Waals surface area contributed by atoms with Gasteiger partial charge >= 0.3 is 12.1 Å². The minimum absolute atomic E-state index is 0.194. The molecule has 1 aromatic carbocycles. The first kappa shape index (κ1) is 19.4. The molecule has 0 radical (unpaired) electrons. The van der Waals surface area contributed by atoms with E-state index >= 15 is 0 Å². The van der Waals surface area contributed by atoms with Crippen LogP contribution in [0.15, 0.2) is 24.3 Å². The van der Waals surface area contributed by atoms with Gasteiger partial charge in [0.1, 0.15) is 17.8 Å². The Kier molecular flexibility index (Phi) is 5.55. The molecule has 0 aromatic heterocycles. The van der Waals surface area contributed by atoms with Gasteiger partial charge in [-0.25, -0.2) is 8.78 Å². The summed E-state index contributed by atoms with van der Waals surface area (Å²) in [6.07, 6.45) is -5.38. The number of nitrogens with one attached hydrogen (secondary N) is 1. The fraction of sp³-hybridized carbons (Fsp3) is 0.562. The molecule has 0 aliphatic heterocycles. The molecule has 3 N–H and O–H groups in total. The zero-order chi connectivity index (χ0) is 18.8. The lowest BCUT2D eigenvalue weighted by molar-refractivity contribution is -0.166. The van der Waals surface area contributed by atoms with Crippen molar-refractivity contribution in [2.75, 3.05) is 0 Å². The number of carboxylic acid groups (broad SMARTS) is 1. The smallest absolute Gasteiger partial charge is 0.407 e. The lowest BCUT2D eigenvalue weighted by Gasteiger charge is -2.28. The molecule has 0 heterocycles. The highest BCUT2D eigenvalue weighted by Crippen LogP contribution is 2.41. The molecule has 140 valence electrons. The predicted octanol–water partition coefficient (Wildman–Crippen LogP) is 3.86. The van der Waals surface area contributed by atoms with Crippen LogP contribution in [0.2, 0.25) is 0 Å². The largest absolute Gasteiger partial charge is 0.508 e. The number of phenolic OH excluding ortho intramolecular Hbond substituents is 1. The molecule has 1 saturated carbocycles. The van der Waals surface area contributed by atoms with E-state index in [1.165, 1.54) is 0 Å². The van der Waals surface area contributed by atoms with E-state index in [1.807, 2.05) is 0 Å². The second-order valence-electron chi connectivity index (χ2n) is 6.33. The van der Waals surface area contributed by atoms with Crippen LogP contribution in [0.3, 0.4) is 0 Å². The first-order chi connectivity index (χ1) is 11.5. The maximum Gasteiger partial charge on any atom is 0.407 e. The summed E-state index contributed by atoms with van der Waals surface area (Å²) in [6.45, 7) is 0. The Morgan fingerprint density at radius 3 is 2.16 bits per heavy atom. The van der Waals surface area contributed by atoms with Crippen molar-refractivity contribution in [2.45, 2.75) is 49.9 Å². The monoisotopic (exact) mass is 367 g/mol. The average Bonchev–Trinajstić information content (AvgIpc) is 3.26. The number of hydrogen-bond donors (Lipinski definition) is 3. The Morgan fingerprint density at radius 1 is 1.16 bits per heavy atom. The second-order valence-corrected chi connectivity index (χ2v) is 6.33. The maximum atomic E-state index is 13.9. The normalized spacial score (nSPS) is 18.0. The van der Waals surface area contributed by atoms with Crippen LogP contribution in [-0.4, -0.2) is 34.3 Å². The highest BCUT2D eigenvalue weighted by Gasteiger charge is 2.46. The number of alkyl halides is 5. The Hall–Kier alpha value is -1.90. The van der Waals surface area contributed by atoms with Gasteiger partial charge in [0.15, 0.2) is 0 Å². The lowest BCUT2D eigenvalue weighted by Crippen LogP contribution is -2.47. The van der Waals surface area contributed by atoms with Crippen LogP contribution in [-0.2, 0) is 4.79 Å². The van der Waals surface area contributed by atoms with Gasteiger partial charge in [0.05, 0.1) is 0 Å². The fourth-order valence-electron chi connectivity index (χ4n) is 2.59. The third-order valence-electron chi connectivity index (χ3n) is 4.01. The van der Waals surface area contributed by atoms with Crippen molar-refractivity contribution < 1.29 is 37.0 Å². The number of benzene rings is 1. The van der Waals surface area contributed by atoms with Crippen molar-refractivity contribution in [3.8, 4) is 5.75 Å². The van der Waals surface area contributed by atoms with Crippen molar-refractivity contribution in [2.24, 2.45) is 5.92 Å². The summed E-state index contributed by atoms with van der Waals surface area (Å²) in [7, 11) is 0. The van der Waals surface area contributed by atoms with E-state index in [1.54, 1.807) is 5.32 Å². The number of hydrogen-bond acceptors (Lipinski definition) is 3. The molecule has 0 spiro atoms. The van der Waals surface area contributed by atoms with Crippen molar-refractivity contribution in [3.05, 3.63) is 29.8 Å². The highest BCUT2D eigenvalue weighted by molar-refractivity contribution is 5.73. The summed E-state index contributed by atoms with van der Waals surface area (Å²) in [4.78, 5) is 11.2. The summed E-state index contributed by atoms with van der Waals surface area (Å²) in [6, 6.07) is -0.565. The van der Waals surface area contributed by atoms with Crippen molar-refractivity contribution in [1.29, 1.82) is 0 Å². The lowest BCUT2D eigenvalue weighted by atomic mass is 10.00. The number of halogens is 5. The van der Waals surface area contributed by atoms with Crippen LogP contribution in [0.1, 0.15) is 37.3 Å². The highest BCUT2D eigenvalue weighted by atomic mass is 19.4. The van der Waals surface area contributed by atoms with Gasteiger partial charge in [0, 0.05) is 12.8 Å². The number of carboxylic acids is 1. The summed E-state index contributed by atoms with van der Waals surface area (Å²) >= 11 is 0. The van der Waals surface area contributed by atoms with E-state index in [0.717, 1.165) is 24.3 Å².